The van der Waals surface area contributed by atoms with Crippen molar-refractivity contribution >= 4 is 38.2 Å². The van der Waals surface area contributed by atoms with Crippen LogP contribution in [0.3, 0.4) is 0 Å². The highest BCUT2D eigenvalue weighted by Crippen LogP contribution is 2.29. The first-order valence-electron chi connectivity index (χ1n) is 4.85. The molecule has 2 N–H and O–H groups in total. The zero-order chi connectivity index (χ0) is 12.1. The Balaban J connectivity index is 2.39. The van der Waals surface area contributed by atoms with Crippen LogP contribution in [0.5, 0.6) is 0 Å². The molecule has 1 rings (SSSR count). The fourth-order valence-electron chi connectivity index (χ4n) is 1.30. The summed E-state index contributed by atoms with van der Waals surface area (Å²) in [6.07, 6.45) is -0.322. The van der Waals surface area contributed by atoms with Gasteiger partial charge in [0.1, 0.15) is 0 Å². The van der Waals surface area contributed by atoms with Gasteiger partial charge >= 0.3 is 5.97 Å². The van der Waals surface area contributed by atoms with Gasteiger partial charge in [-0.15, -0.1) is 11.3 Å². The molecular weight excluding hydrogens is 294 g/mol. The minimum absolute atomic E-state index is 0.00312. The number of hydrogen-bond acceptors (Lipinski definition) is 4. The van der Waals surface area contributed by atoms with Gasteiger partial charge in [-0.25, -0.2) is 0 Å². The van der Waals surface area contributed by atoms with Gasteiger partial charge in [-0.1, -0.05) is 0 Å². The van der Waals surface area contributed by atoms with E-state index in [1.807, 2.05) is 24.1 Å². The van der Waals surface area contributed by atoms with Crippen molar-refractivity contribution in [2.75, 3.05) is 18.5 Å². The minimum Gasteiger partial charge on any atom is -0.481 e. The minimum atomic E-state index is -0.874. The molecule has 1 heterocycles. The van der Waals surface area contributed by atoms with Crippen molar-refractivity contribution in [3.05, 3.63) is 15.9 Å². The zero-order valence-electron chi connectivity index (χ0n) is 8.89. The molecule has 4 nitrogen and oxygen atoms in total. The van der Waals surface area contributed by atoms with E-state index in [0.717, 1.165) is 8.79 Å². The maximum Gasteiger partial charge on any atom is 0.303 e. The molecule has 1 unspecified atom stereocenters. The predicted octanol–water partition coefficient (Wildman–Crippen LogP) is 2.17. The Morgan fingerprint density at radius 1 is 1.62 bits per heavy atom. The van der Waals surface area contributed by atoms with Gasteiger partial charge in [0.2, 0.25) is 0 Å². The van der Waals surface area contributed by atoms with Crippen LogP contribution in [0.2, 0.25) is 0 Å². The first kappa shape index (κ1) is 13.5. The smallest absolute Gasteiger partial charge is 0.303 e. The van der Waals surface area contributed by atoms with Crippen molar-refractivity contribution in [1.29, 1.82) is 0 Å². The van der Waals surface area contributed by atoms with Gasteiger partial charge in [-0.2, -0.15) is 0 Å². The molecule has 0 aromatic carbocycles. The molecule has 0 bridgehead atoms. The molecule has 0 fully saturated rings. The van der Waals surface area contributed by atoms with Crippen LogP contribution < -0.4 is 4.90 Å². The number of rotatable bonds is 6. The van der Waals surface area contributed by atoms with Crippen LogP contribution in [0, 0.1) is 0 Å². The summed E-state index contributed by atoms with van der Waals surface area (Å²) in [6, 6.07) is 3.90. The number of aliphatic hydroxyl groups excluding tert-OH is 1. The van der Waals surface area contributed by atoms with Gasteiger partial charge in [-0.05, 0) is 34.5 Å². The molecule has 6 heteroatoms. The molecule has 0 saturated heterocycles. The van der Waals surface area contributed by atoms with Crippen LogP contribution in [-0.4, -0.2) is 35.9 Å². The van der Waals surface area contributed by atoms with Crippen LogP contribution in [0.15, 0.2) is 15.9 Å². The van der Waals surface area contributed by atoms with Crippen LogP contribution in [0.4, 0.5) is 5.00 Å². The van der Waals surface area contributed by atoms with Crippen molar-refractivity contribution in [3.8, 4) is 0 Å². The predicted molar refractivity (Wildman–Crippen MR) is 68.2 cm³/mol. The van der Waals surface area contributed by atoms with Crippen LogP contribution in [-0.2, 0) is 4.79 Å². The molecular formula is C10H14BrNO3S. The zero-order valence-corrected chi connectivity index (χ0v) is 11.3. The summed E-state index contributed by atoms with van der Waals surface area (Å²) in [4.78, 5) is 12.3. The summed E-state index contributed by atoms with van der Waals surface area (Å²) < 4.78 is 1.04. The highest BCUT2D eigenvalue weighted by Gasteiger charge is 2.11. The number of aliphatic hydroxyl groups is 1. The molecule has 0 aliphatic heterocycles. The van der Waals surface area contributed by atoms with Gasteiger partial charge in [-0.3, -0.25) is 4.79 Å². The lowest BCUT2D eigenvalue weighted by atomic mass is 10.2. The fraction of sp³-hybridized carbons (Fsp3) is 0.500. The molecule has 1 atom stereocenters. The summed E-state index contributed by atoms with van der Waals surface area (Å²) in [7, 11) is 1.88. The second kappa shape index (κ2) is 6.22. The second-order valence-electron chi connectivity index (χ2n) is 3.54. The average molecular weight is 308 g/mol. The number of halogens is 1. The largest absolute Gasteiger partial charge is 0.481 e. The molecule has 0 aliphatic rings. The Hall–Kier alpha value is -0.590. The van der Waals surface area contributed by atoms with E-state index in [9.17, 15) is 9.90 Å². The number of carboxylic acids is 1. The van der Waals surface area contributed by atoms with Crippen molar-refractivity contribution in [2.24, 2.45) is 0 Å². The van der Waals surface area contributed by atoms with Gasteiger partial charge in [0.15, 0.2) is 0 Å². The molecule has 1 aromatic rings. The molecule has 0 spiro atoms. The summed E-state index contributed by atoms with van der Waals surface area (Å²) in [5.41, 5.74) is 0. The first-order valence-corrected chi connectivity index (χ1v) is 6.46. The van der Waals surface area contributed by atoms with E-state index in [4.69, 9.17) is 5.11 Å². The number of thiophene rings is 1. The fourth-order valence-corrected chi connectivity index (χ4v) is 2.63. The molecule has 0 saturated carbocycles. The number of hydrogen-bond donors (Lipinski definition) is 2. The van der Waals surface area contributed by atoms with E-state index >= 15 is 0 Å². The molecule has 0 radical (unpaired) electrons. The van der Waals surface area contributed by atoms with E-state index in [-0.39, 0.29) is 12.8 Å². The quantitative estimate of drug-likeness (QED) is 0.845. The van der Waals surface area contributed by atoms with Gasteiger partial charge < -0.3 is 15.1 Å². The van der Waals surface area contributed by atoms with Crippen molar-refractivity contribution in [3.63, 3.8) is 0 Å². The Bertz CT molecular complexity index is 356. The lowest BCUT2D eigenvalue weighted by molar-refractivity contribution is -0.137. The first-order chi connectivity index (χ1) is 7.49. The summed E-state index contributed by atoms with van der Waals surface area (Å²) >= 11 is 4.95. The van der Waals surface area contributed by atoms with Gasteiger partial charge in [0.05, 0.1) is 14.9 Å². The maximum absolute atomic E-state index is 10.3. The Labute approximate surface area is 107 Å². The van der Waals surface area contributed by atoms with Crippen molar-refractivity contribution in [2.45, 2.75) is 18.9 Å². The van der Waals surface area contributed by atoms with Crippen molar-refractivity contribution < 1.29 is 15.0 Å². The van der Waals surface area contributed by atoms with E-state index in [0.29, 0.717) is 6.54 Å². The summed E-state index contributed by atoms with van der Waals surface area (Å²) in [5.74, 6) is -0.874. The normalized spacial score (nSPS) is 12.4. The van der Waals surface area contributed by atoms with E-state index < -0.39 is 12.1 Å². The van der Waals surface area contributed by atoms with Gasteiger partial charge in [0, 0.05) is 20.0 Å². The monoisotopic (exact) mass is 307 g/mol. The van der Waals surface area contributed by atoms with E-state index in [1.54, 1.807) is 11.3 Å². The Kier molecular flexibility index (Phi) is 5.24. The highest BCUT2D eigenvalue weighted by atomic mass is 79.9. The topological polar surface area (TPSA) is 60.8 Å². The second-order valence-corrected chi connectivity index (χ2v) is 5.99. The summed E-state index contributed by atoms with van der Waals surface area (Å²) in [6.45, 7) is 0.445. The highest BCUT2D eigenvalue weighted by molar-refractivity contribution is 9.11. The van der Waals surface area contributed by atoms with E-state index in [1.165, 1.54) is 0 Å². The SMILES string of the molecule is CN(CC(O)CCC(=O)O)c1ccc(Br)s1. The molecule has 16 heavy (non-hydrogen) atoms. The Morgan fingerprint density at radius 3 is 2.81 bits per heavy atom. The maximum atomic E-state index is 10.3. The van der Waals surface area contributed by atoms with E-state index in [2.05, 4.69) is 15.9 Å². The third-order valence-electron chi connectivity index (χ3n) is 2.11. The molecule has 0 aliphatic carbocycles. The number of carboxylic acid groups (broad SMARTS) is 1. The number of nitrogens with zero attached hydrogens (tertiary/aromatic N) is 1. The van der Waals surface area contributed by atoms with Gasteiger partial charge in [0.25, 0.3) is 0 Å². The van der Waals surface area contributed by atoms with Crippen LogP contribution in [0.25, 0.3) is 0 Å². The number of anilines is 1. The molecule has 0 amide bonds. The van der Waals surface area contributed by atoms with Crippen molar-refractivity contribution in [1.82, 2.24) is 0 Å². The third kappa shape index (κ3) is 4.51. The summed E-state index contributed by atoms with van der Waals surface area (Å²) in [5, 5.41) is 19.2. The Morgan fingerprint density at radius 2 is 2.31 bits per heavy atom. The molecule has 1 aromatic heterocycles. The molecule has 90 valence electrons. The average Bonchev–Trinajstić information content (AvgIpc) is 2.62. The van der Waals surface area contributed by atoms with Crippen LogP contribution >= 0.6 is 27.3 Å². The van der Waals surface area contributed by atoms with Crippen LogP contribution in [0.1, 0.15) is 12.8 Å². The number of aliphatic carboxylic acids is 1. The number of carbonyl (C=O) groups is 1. The lowest BCUT2D eigenvalue weighted by Gasteiger charge is -2.20. The number of likely N-dealkylation sites (N-methyl/N-ethyl adjacent to an activating group) is 1. The third-order valence-corrected chi connectivity index (χ3v) is 3.85. The lowest BCUT2D eigenvalue weighted by Crippen LogP contribution is -2.28. The standard InChI is InChI=1S/C10H14BrNO3S/c1-12(9-4-3-8(11)16-9)6-7(13)2-5-10(14)15/h3-4,7,13H,2,5-6H2,1H3,(H,14,15).